The van der Waals surface area contributed by atoms with E-state index in [1.54, 1.807) is 0 Å². The van der Waals surface area contributed by atoms with E-state index in [0.29, 0.717) is 5.92 Å². The first kappa shape index (κ1) is 12.3. The zero-order valence-corrected chi connectivity index (χ0v) is 11.7. The Kier molecular flexibility index (Phi) is 2.88. The van der Waals surface area contributed by atoms with E-state index in [1.165, 1.54) is 12.8 Å². The van der Waals surface area contributed by atoms with Crippen molar-refractivity contribution in [3.8, 4) is 0 Å². The first-order chi connectivity index (χ1) is 9.04. The lowest BCUT2D eigenvalue weighted by atomic mass is 9.87. The molecule has 0 atom stereocenters. The van der Waals surface area contributed by atoms with Crippen LogP contribution in [0, 0.1) is 6.92 Å². The number of aryl methyl sites for hydroxylation is 2. The van der Waals surface area contributed by atoms with E-state index >= 15 is 0 Å². The molecule has 6 heteroatoms. The molecule has 19 heavy (non-hydrogen) atoms. The molecule has 1 fully saturated rings. The Labute approximate surface area is 112 Å². The summed E-state index contributed by atoms with van der Waals surface area (Å²) in [5.74, 6) is 4.29. The summed E-state index contributed by atoms with van der Waals surface area (Å²) in [5.41, 5.74) is -0.0582. The minimum Gasteiger partial charge on any atom is -0.263 e. The van der Waals surface area contributed by atoms with Crippen LogP contribution >= 0.6 is 0 Å². The van der Waals surface area contributed by atoms with Gasteiger partial charge >= 0.3 is 0 Å². The van der Waals surface area contributed by atoms with Gasteiger partial charge in [-0.05, 0) is 26.2 Å². The number of nitrogens with zero attached hydrogens (tertiary/aromatic N) is 4. The molecule has 0 spiro atoms. The summed E-state index contributed by atoms with van der Waals surface area (Å²) in [6, 6.07) is 0. The zero-order valence-electron chi connectivity index (χ0n) is 11.7. The maximum atomic E-state index is 4.56. The van der Waals surface area contributed by atoms with E-state index in [9.17, 15) is 0 Å². The number of aromatic amines is 2. The molecule has 0 saturated heterocycles. The van der Waals surface area contributed by atoms with Gasteiger partial charge in [-0.3, -0.25) is 10.2 Å². The van der Waals surface area contributed by atoms with E-state index in [-0.39, 0.29) is 5.41 Å². The van der Waals surface area contributed by atoms with Gasteiger partial charge in [-0.1, -0.05) is 13.8 Å². The van der Waals surface area contributed by atoms with Crippen molar-refractivity contribution >= 4 is 0 Å². The third kappa shape index (κ3) is 2.67. The van der Waals surface area contributed by atoms with Gasteiger partial charge in [-0.2, -0.15) is 10.2 Å². The third-order valence-corrected chi connectivity index (χ3v) is 3.68. The summed E-state index contributed by atoms with van der Waals surface area (Å²) in [4.78, 5) is 8.98. The van der Waals surface area contributed by atoms with Crippen molar-refractivity contribution in [2.24, 2.45) is 0 Å². The van der Waals surface area contributed by atoms with Gasteiger partial charge in [-0.15, -0.1) is 0 Å². The predicted molar refractivity (Wildman–Crippen MR) is 70.8 cm³/mol. The normalized spacial score (nSPS) is 15.9. The van der Waals surface area contributed by atoms with Crippen LogP contribution in [0.2, 0.25) is 0 Å². The van der Waals surface area contributed by atoms with Gasteiger partial charge in [0.1, 0.15) is 11.6 Å². The van der Waals surface area contributed by atoms with Crippen LogP contribution in [0.25, 0.3) is 0 Å². The average Bonchev–Trinajstić information content (AvgIpc) is 2.94. The molecule has 102 valence electrons. The molecule has 0 aliphatic heterocycles. The molecule has 0 aromatic carbocycles. The molecule has 2 aromatic rings. The van der Waals surface area contributed by atoms with Gasteiger partial charge in [0, 0.05) is 17.8 Å². The van der Waals surface area contributed by atoms with Crippen molar-refractivity contribution in [3.05, 3.63) is 23.3 Å². The van der Waals surface area contributed by atoms with E-state index in [2.05, 4.69) is 44.2 Å². The molecule has 0 bridgehead atoms. The summed E-state index contributed by atoms with van der Waals surface area (Å²) >= 11 is 0. The van der Waals surface area contributed by atoms with E-state index < -0.39 is 0 Å². The first-order valence-electron chi connectivity index (χ1n) is 6.85. The monoisotopic (exact) mass is 260 g/mol. The van der Waals surface area contributed by atoms with Crippen LogP contribution in [-0.2, 0) is 11.8 Å². The van der Waals surface area contributed by atoms with Crippen LogP contribution in [-0.4, -0.2) is 30.4 Å². The number of aromatic nitrogens is 6. The lowest BCUT2D eigenvalue weighted by molar-refractivity contribution is 0.447. The van der Waals surface area contributed by atoms with Gasteiger partial charge in [-0.25, -0.2) is 9.97 Å². The van der Waals surface area contributed by atoms with Gasteiger partial charge in [0.25, 0.3) is 0 Å². The van der Waals surface area contributed by atoms with Crippen LogP contribution in [0.3, 0.4) is 0 Å². The summed E-state index contributed by atoms with van der Waals surface area (Å²) in [6.07, 6.45) is 4.29. The van der Waals surface area contributed by atoms with Crippen molar-refractivity contribution in [1.29, 1.82) is 0 Å². The molecular formula is C13H20N6. The molecule has 3 rings (SSSR count). The average molecular weight is 260 g/mol. The van der Waals surface area contributed by atoms with Crippen molar-refractivity contribution in [3.63, 3.8) is 0 Å². The number of nitrogens with one attached hydrogen (secondary N) is 2. The fraction of sp³-hybridized carbons (Fsp3) is 0.692. The molecule has 2 heterocycles. The molecule has 1 aliphatic carbocycles. The quantitative estimate of drug-likeness (QED) is 0.861. The Morgan fingerprint density at radius 1 is 1.16 bits per heavy atom. The summed E-state index contributed by atoms with van der Waals surface area (Å²) < 4.78 is 0. The van der Waals surface area contributed by atoms with Crippen LogP contribution in [0.5, 0.6) is 0 Å². The molecule has 0 radical (unpaired) electrons. The molecule has 0 amide bonds. The topological polar surface area (TPSA) is 83.1 Å². The van der Waals surface area contributed by atoms with Gasteiger partial charge < -0.3 is 0 Å². The lowest BCUT2D eigenvalue weighted by Gasteiger charge is -2.19. The largest absolute Gasteiger partial charge is 0.263 e. The molecule has 0 unspecified atom stereocenters. The maximum Gasteiger partial charge on any atom is 0.156 e. The maximum absolute atomic E-state index is 4.56. The van der Waals surface area contributed by atoms with E-state index in [1.807, 2.05) is 6.92 Å². The first-order valence-corrected chi connectivity index (χ1v) is 6.85. The number of rotatable bonds is 5. The predicted octanol–water partition coefficient (Wildman–Crippen LogP) is 2.02. The standard InChI is InChI=1S/C13H20N6/c1-8-14-12(19-16-8)13(2,3)7-6-10-15-11(18-17-10)9-4-5-9/h9H,4-7H2,1-3H3,(H,14,16,19)(H,15,17,18). The minimum absolute atomic E-state index is 0.0582. The number of hydrogen-bond acceptors (Lipinski definition) is 4. The van der Waals surface area contributed by atoms with Crippen LogP contribution in [0.1, 0.15) is 62.3 Å². The Hall–Kier alpha value is -1.72. The summed E-state index contributed by atoms with van der Waals surface area (Å²) in [5, 5.41) is 14.5. The fourth-order valence-corrected chi connectivity index (χ4v) is 2.13. The fourth-order valence-electron chi connectivity index (χ4n) is 2.13. The van der Waals surface area contributed by atoms with Gasteiger partial charge in [0.2, 0.25) is 0 Å². The summed E-state index contributed by atoms with van der Waals surface area (Å²) in [7, 11) is 0. The number of hydrogen-bond donors (Lipinski definition) is 2. The second-order valence-electron chi connectivity index (χ2n) is 6.04. The lowest BCUT2D eigenvalue weighted by Crippen LogP contribution is -2.20. The van der Waals surface area contributed by atoms with Crippen molar-refractivity contribution in [2.45, 2.75) is 57.8 Å². The van der Waals surface area contributed by atoms with Crippen molar-refractivity contribution < 1.29 is 0 Å². The third-order valence-electron chi connectivity index (χ3n) is 3.68. The molecule has 6 nitrogen and oxygen atoms in total. The second-order valence-corrected chi connectivity index (χ2v) is 6.04. The van der Waals surface area contributed by atoms with E-state index in [4.69, 9.17) is 0 Å². The highest BCUT2D eigenvalue weighted by Crippen LogP contribution is 2.37. The molecule has 2 N–H and O–H groups in total. The smallest absolute Gasteiger partial charge is 0.156 e. The van der Waals surface area contributed by atoms with Crippen molar-refractivity contribution in [2.75, 3.05) is 0 Å². The minimum atomic E-state index is -0.0582. The van der Waals surface area contributed by atoms with Gasteiger partial charge in [0.15, 0.2) is 11.6 Å². The highest BCUT2D eigenvalue weighted by molar-refractivity contribution is 5.07. The highest BCUT2D eigenvalue weighted by atomic mass is 15.2. The van der Waals surface area contributed by atoms with Crippen LogP contribution in [0.4, 0.5) is 0 Å². The summed E-state index contributed by atoms with van der Waals surface area (Å²) in [6.45, 7) is 6.24. The van der Waals surface area contributed by atoms with E-state index in [0.717, 1.165) is 36.1 Å². The highest BCUT2D eigenvalue weighted by Gasteiger charge is 2.29. The Morgan fingerprint density at radius 2 is 1.95 bits per heavy atom. The molecule has 1 aliphatic rings. The molecule has 1 saturated carbocycles. The zero-order chi connectivity index (χ0) is 13.5. The SMILES string of the molecule is Cc1nc(C(C)(C)CCc2nc(C3CC3)n[nH]2)n[nH]1. The van der Waals surface area contributed by atoms with Crippen LogP contribution in [0.15, 0.2) is 0 Å². The number of H-pyrrole nitrogens is 2. The Bertz CT molecular complexity index is 563. The second kappa shape index (κ2) is 4.43. The van der Waals surface area contributed by atoms with Crippen molar-refractivity contribution in [1.82, 2.24) is 30.4 Å². The Balaban J connectivity index is 1.63. The van der Waals surface area contributed by atoms with Crippen LogP contribution < -0.4 is 0 Å². The van der Waals surface area contributed by atoms with Gasteiger partial charge in [0.05, 0.1) is 0 Å². The Morgan fingerprint density at radius 3 is 2.58 bits per heavy atom. The molecule has 2 aromatic heterocycles. The molecular weight excluding hydrogens is 240 g/mol.